The molecule has 0 aliphatic carbocycles. The van der Waals surface area contributed by atoms with E-state index in [9.17, 15) is 0 Å². The van der Waals surface area contributed by atoms with E-state index in [0.29, 0.717) is 17.6 Å². The summed E-state index contributed by atoms with van der Waals surface area (Å²) in [4.78, 5) is 8.33. The summed E-state index contributed by atoms with van der Waals surface area (Å²) in [5.74, 6) is 0.570. The molecule has 0 saturated heterocycles. The quantitative estimate of drug-likeness (QED) is 0.346. The molecule has 0 aliphatic rings. The molecule has 22 heavy (non-hydrogen) atoms. The zero-order chi connectivity index (χ0) is 16.8. The molecule has 1 heterocycles. The number of hydrogen-bond donors (Lipinski definition) is 1. The molecule has 122 valence electrons. The first kappa shape index (κ1) is 18.9. The van der Waals surface area contributed by atoms with Crippen LogP contribution in [-0.2, 0) is 4.43 Å². The van der Waals surface area contributed by atoms with Crippen LogP contribution in [0.15, 0.2) is 35.0 Å². The summed E-state index contributed by atoms with van der Waals surface area (Å²) in [5, 5.41) is 3.78. The number of allylic oxidation sites excluding steroid dienone is 1. The largest absolute Gasteiger partial charge is 0.411 e. The molecule has 0 fully saturated rings. The van der Waals surface area contributed by atoms with Crippen LogP contribution in [0.1, 0.15) is 27.7 Å². The zero-order valence-electron chi connectivity index (χ0n) is 14.3. The van der Waals surface area contributed by atoms with Gasteiger partial charge in [0.1, 0.15) is 5.15 Å². The summed E-state index contributed by atoms with van der Waals surface area (Å²) in [5.41, 5.74) is 0.982. The van der Waals surface area contributed by atoms with Crippen molar-refractivity contribution in [1.29, 1.82) is 0 Å². The van der Waals surface area contributed by atoms with Crippen molar-refractivity contribution in [3.8, 4) is 0 Å². The summed E-state index contributed by atoms with van der Waals surface area (Å²) in [6.07, 6.45) is 3.60. The summed E-state index contributed by atoms with van der Waals surface area (Å²) >= 11 is 5.82. The molecule has 0 saturated carbocycles. The smallest absolute Gasteiger partial charge is 0.192 e. The maximum atomic E-state index is 6.18. The van der Waals surface area contributed by atoms with E-state index in [1.165, 1.54) is 0 Å². The van der Waals surface area contributed by atoms with Crippen LogP contribution in [-0.4, -0.2) is 26.2 Å². The maximum Gasteiger partial charge on any atom is 0.192 e. The lowest BCUT2D eigenvalue weighted by atomic mass is 10.2. The molecule has 1 aromatic rings. The summed E-state index contributed by atoms with van der Waals surface area (Å²) in [6.45, 7) is 13.7. The van der Waals surface area contributed by atoms with Crippen molar-refractivity contribution in [1.82, 2.24) is 10.3 Å². The van der Waals surface area contributed by atoms with Gasteiger partial charge in [0.05, 0.1) is 12.9 Å². The minimum Gasteiger partial charge on any atom is -0.411 e. The number of aliphatic imine (C=N–C) groups is 1. The van der Waals surface area contributed by atoms with Crippen LogP contribution in [0, 0.1) is 0 Å². The molecule has 0 amide bonds. The van der Waals surface area contributed by atoms with Crippen molar-refractivity contribution < 1.29 is 4.43 Å². The third kappa shape index (κ3) is 5.91. The van der Waals surface area contributed by atoms with Gasteiger partial charge in [0, 0.05) is 5.70 Å². The van der Waals surface area contributed by atoms with E-state index in [1.807, 2.05) is 19.1 Å². The molecule has 1 N–H and O–H groups in total. The Morgan fingerprint density at radius 3 is 2.64 bits per heavy atom. The SMILES string of the molecule is C/C=C(/CO[Si](C)(C)C(C)(C)C)NC=Nc1cccc(Cl)n1. The van der Waals surface area contributed by atoms with E-state index in [-0.39, 0.29) is 5.04 Å². The zero-order valence-corrected chi connectivity index (χ0v) is 16.0. The Bertz CT molecular complexity index is 551. The maximum absolute atomic E-state index is 6.18. The number of nitrogens with one attached hydrogen (secondary N) is 1. The second kappa shape index (κ2) is 7.90. The number of aromatic nitrogens is 1. The molecule has 1 aromatic heterocycles. The third-order valence-corrected chi connectivity index (χ3v) is 8.58. The molecule has 1 rings (SSSR count). The monoisotopic (exact) mass is 339 g/mol. The van der Waals surface area contributed by atoms with Gasteiger partial charge in [0.15, 0.2) is 14.1 Å². The molecule has 0 aromatic carbocycles. The first-order valence-corrected chi connectivity index (χ1v) is 10.6. The van der Waals surface area contributed by atoms with Crippen LogP contribution in [0.5, 0.6) is 0 Å². The molecular weight excluding hydrogens is 314 g/mol. The Kier molecular flexibility index (Phi) is 6.78. The van der Waals surface area contributed by atoms with E-state index >= 15 is 0 Å². The molecule has 6 heteroatoms. The van der Waals surface area contributed by atoms with E-state index in [2.05, 4.69) is 49.2 Å². The minimum atomic E-state index is -1.75. The van der Waals surface area contributed by atoms with Crippen LogP contribution < -0.4 is 5.32 Å². The number of halogens is 1. The fraction of sp³-hybridized carbons (Fsp3) is 0.500. The minimum absolute atomic E-state index is 0.199. The van der Waals surface area contributed by atoms with Crippen molar-refractivity contribution in [2.75, 3.05) is 6.61 Å². The number of pyridine rings is 1. The number of rotatable bonds is 6. The predicted octanol–water partition coefficient (Wildman–Crippen LogP) is 4.91. The molecule has 0 spiro atoms. The Morgan fingerprint density at radius 2 is 2.09 bits per heavy atom. The van der Waals surface area contributed by atoms with Crippen molar-refractivity contribution in [2.45, 2.75) is 45.8 Å². The highest BCUT2D eigenvalue weighted by Crippen LogP contribution is 2.36. The average Bonchev–Trinajstić information content (AvgIpc) is 2.41. The molecule has 0 aliphatic heterocycles. The molecule has 0 unspecified atom stereocenters. The highest BCUT2D eigenvalue weighted by Gasteiger charge is 2.37. The Labute approximate surface area is 139 Å². The van der Waals surface area contributed by atoms with Crippen LogP contribution in [0.4, 0.5) is 5.82 Å². The third-order valence-electron chi connectivity index (χ3n) is 3.89. The topological polar surface area (TPSA) is 46.5 Å². The summed E-state index contributed by atoms with van der Waals surface area (Å²) in [7, 11) is -1.75. The van der Waals surface area contributed by atoms with Gasteiger partial charge < -0.3 is 9.74 Å². The predicted molar refractivity (Wildman–Crippen MR) is 97.4 cm³/mol. The summed E-state index contributed by atoms with van der Waals surface area (Å²) in [6, 6.07) is 5.34. The lowest BCUT2D eigenvalue weighted by molar-refractivity contribution is 0.314. The Balaban J connectivity index is 2.57. The highest BCUT2D eigenvalue weighted by molar-refractivity contribution is 6.74. The van der Waals surface area contributed by atoms with Crippen molar-refractivity contribution >= 4 is 32.1 Å². The molecule has 0 bridgehead atoms. The van der Waals surface area contributed by atoms with E-state index < -0.39 is 8.32 Å². The van der Waals surface area contributed by atoms with Gasteiger partial charge in [-0.3, -0.25) is 0 Å². The first-order chi connectivity index (χ1) is 10.2. The van der Waals surface area contributed by atoms with Crippen LogP contribution >= 0.6 is 11.6 Å². The summed E-state index contributed by atoms with van der Waals surface area (Å²) < 4.78 is 6.18. The van der Waals surface area contributed by atoms with Gasteiger partial charge in [-0.05, 0) is 37.2 Å². The second-order valence-electron chi connectivity index (χ2n) is 6.58. The first-order valence-electron chi connectivity index (χ1n) is 7.36. The standard InChI is InChI=1S/C16H26ClN3OSi/c1-7-13(11-21-22(5,6)16(2,3)4)18-12-19-15-10-8-9-14(17)20-15/h7-10,12H,11H2,1-6H3,(H,18,19,20)/b13-7-. The molecule has 0 radical (unpaired) electrons. The van der Waals surface area contributed by atoms with Gasteiger partial charge in [-0.25, -0.2) is 9.98 Å². The lowest BCUT2D eigenvalue weighted by Gasteiger charge is -2.36. The molecular formula is C16H26ClN3OSi. The fourth-order valence-corrected chi connectivity index (χ4v) is 2.44. The van der Waals surface area contributed by atoms with E-state index in [0.717, 1.165) is 5.70 Å². The van der Waals surface area contributed by atoms with Crippen molar-refractivity contribution in [3.05, 3.63) is 35.1 Å². The van der Waals surface area contributed by atoms with Crippen LogP contribution in [0.2, 0.25) is 23.3 Å². The second-order valence-corrected chi connectivity index (χ2v) is 11.8. The number of nitrogens with zero attached hydrogens (tertiary/aromatic N) is 2. The van der Waals surface area contributed by atoms with Gasteiger partial charge in [0.25, 0.3) is 0 Å². The van der Waals surface area contributed by atoms with Gasteiger partial charge in [-0.1, -0.05) is 44.5 Å². The lowest BCUT2D eigenvalue weighted by Crippen LogP contribution is -2.41. The van der Waals surface area contributed by atoms with Gasteiger partial charge in [0.2, 0.25) is 0 Å². The Morgan fingerprint density at radius 1 is 1.41 bits per heavy atom. The average molecular weight is 340 g/mol. The van der Waals surface area contributed by atoms with Crippen LogP contribution in [0.25, 0.3) is 0 Å². The van der Waals surface area contributed by atoms with Gasteiger partial charge in [-0.15, -0.1) is 0 Å². The number of hydrogen-bond acceptors (Lipinski definition) is 3. The molecule has 0 atom stereocenters. The highest BCUT2D eigenvalue weighted by atomic mass is 35.5. The van der Waals surface area contributed by atoms with E-state index in [4.69, 9.17) is 16.0 Å². The Hall–Kier alpha value is -1.17. The molecule has 4 nitrogen and oxygen atoms in total. The van der Waals surface area contributed by atoms with Gasteiger partial charge in [-0.2, -0.15) is 0 Å². The van der Waals surface area contributed by atoms with Crippen molar-refractivity contribution in [3.63, 3.8) is 0 Å². The normalized spacial score (nSPS) is 13.7. The van der Waals surface area contributed by atoms with Gasteiger partial charge >= 0.3 is 0 Å². The van der Waals surface area contributed by atoms with E-state index in [1.54, 1.807) is 18.5 Å². The van der Waals surface area contributed by atoms with Crippen molar-refractivity contribution in [2.24, 2.45) is 4.99 Å². The van der Waals surface area contributed by atoms with Crippen LogP contribution in [0.3, 0.4) is 0 Å². The fourth-order valence-electron chi connectivity index (χ4n) is 1.33.